The van der Waals surface area contributed by atoms with E-state index in [1.165, 1.54) is 39.6 Å². The predicted octanol–water partition coefficient (Wildman–Crippen LogP) is 3.64. The lowest BCUT2D eigenvalue weighted by atomic mass is 10.00. The molecule has 3 heterocycles. The zero-order valence-corrected chi connectivity index (χ0v) is 23.7. The minimum Gasteiger partial charge on any atom is -0.345 e. The summed E-state index contributed by atoms with van der Waals surface area (Å²) in [7, 11) is -0.0722. The molecule has 1 fully saturated rings. The molecule has 5 rings (SSSR count). The summed E-state index contributed by atoms with van der Waals surface area (Å²) in [6.07, 6.45) is 4.11. The number of nitrogens with zero attached hydrogens (tertiary/aromatic N) is 4. The van der Waals surface area contributed by atoms with Gasteiger partial charge >= 0.3 is 0 Å². The van der Waals surface area contributed by atoms with Gasteiger partial charge in [0.1, 0.15) is 6.04 Å². The van der Waals surface area contributed by atoms with Crippen LogP contribution >= 0.6 is 11.3 Å². The molecule has 0 radical (unpaired) electrons. The van der Waals surface area contributed by atoms with Gasteiger partial charge in [-0.15, -0.1) is 11.3 Å². The quantitative estimate of drug-likeness (QED) is 0.358. The number of aromatic nitrogens is 2. The lowest BCUT2D eigenvalue weighted by molar-refractivity contribution is -0.123. The Morgan fingerprint density at radius 2 is 1.70 bits per heavy atom. The summed E-state index contributed by atoms with van der Waals surface area (Å²) in [4.78, 5) is 45.7. The van der Waals surface area contributed by atoms with Gasteiger partial charge in [-0.3, -0.25) is 18.4 Å². The number of amides is 3. The smallest absolute Gasteiger partial charge is 0.256 e. The zero-order valence-electron chi connectivity index (χ0n) is 22.1. The van der Waals surface area contributed by atoms with Gasteiger partial charge in [-0.2, -0.15) is 0 Å². The highest BCUT2D eigenvalue weighted by Crippen LogP contribution is 2.30. The van der Waals surface area contributed by atoms with Crippen molar-refractivity contribution in [1.82, 2.24) is 18.8 Å². The highest BCUT2D eigenvalue weighted by atomic mass is 32.2. The fraction of sp³-hybridized carbons (Fsp3) is 0.214. The maximum absolute atomic E-state index is 13.0. The molecule has 1 aliphatic rings. The van der Waals surface area contributed by atoms with E-state index < -0.39 is 22.0 Å². The van der Waals surface area contributed by atoms with Gasteiger partial charge < -0.3 is 15.1 Å². The van der Waals surface area contributed by atoms with E-state index in [4.69, 9.17) is 0 Å². The number of rotatable bonds is 7. The minimum atomic E-state index is -3.50. The summed E-state index contributed by atoms with van der Waals surface area (Å²) in [6, 6.07) is 16.0. The Kier molecular flexibility index (Phi) is 7.30. The topological polar surface area (TPSA) is 122 Å². The number of nitrogens with one attached hydrogen (secondary N) is 1. The first-order chi connectivity index (χ1) is 19.0. The lowest BCUT2D eigenvalue weighted by Gasteiger charge is -2.39. The Bertz CT molecular complexity index is 1720. The Labute approximate surface area is 235 Å². The number of hydrogen-bond donors (Lipinski definition) is 1. The Balaban J connectivity index is 1.27. The maximum Gasteiger partial charge on any atom is 0.256 e. The molecule has 12 heteroatoms. The number of thiazole rings is 1. The molecule has 0 unspecified atom stereocenters. The highest BCUT2D eigenvalue weighted by Gasteiger charge is 2.38. The fourth-order valence-corrected chi connectivity index (χ4v) is 5.69. The molecule has 0 aliphatic carbocycles. The third-order valence-electron chi connectivity index (χ3n) is 6.62. The average Bonchev–Trinajstić information content (AvgIpc) is 3.58. The molecule has 40 heavy (non-hydrogen) atoms. The summed E-state index contributed by atoms with van der Waals surface area (Å²) in [5, 5.41) is 5.06. The van der Waals surface area contributed by atoms with Gasteiger partial charge in [0.25, 0.3) is 11.8 Å². The van der Waals surface area contributed by atoms with E-state index in [9.17, 15) is 22.8 Å². The van der Waals surface area contributed by atoms with Crippen LogP contribution in [0.15, 0.2) is 72.4 Å². The van der Waals surface area contributed by atoms with Crippen molar-refractivity contribution in [3.8, 4) is 22.4 Å². The SMILES string of the molecule is CN(C)C(=O)c1cccc(-c2cccc(-c3csc(NC(=O)[C@@H]4CCN4C(=O)c4ccn(S(C)(=O)=O)c4)n3)c2)c1. The minimum absolute atomic E-state index is 0.0723. The molecule has 2 aromatic heterocycles. The molecule has 1 saturated heterocycles. The van der Waals surface area contributed by atoms with E-state index in [0.29, 0.717) is 29.4 Å². The van der Waals surface area contributed by atoms with Gasteiger partial charge in [0, 0.05) is 49.5 Å². The van der Waals surface area contributed by atoms with Crippen LogP contribution in [-0.4, -0.2) is 77.8 Å². The monoisotopic (exact) mass is 577 g/mol. The van der Waals surface area contributed by atoms with E-state index in [2.05, 4.69) is 10.3 Å². The lowest BCUT2D eigenvalue weighted by Crippen LogP contribution is -2.56. The molecule has 206 valence electrons. The number of anilines is 1. The van der Waals surface area contributed by atoms with Crippen molar-refractivity contribution in [2.75, 3.05) is 32.2 Å². The van der Waals surface area contributed by atoms with Crippen LogP contribution in [0.3, 0.4) is 0 Å². The van der Waals surface area contributed by atoms with Gasteiger partial charge in [-0.05, 0) is 41.8 Å². The van der Waals surface area contributed by atoms with Crippen molar-refractivity contribution < 1.29 is 22.8 Å². The van der Waals surface area contributed by atoms with E-state index in [1.807, 2.05) is 47.8 Å². The molecule has 10 nitrogen and oxygen atoms in total. The molecule has 4 aromatic rings. The summed E-state index contributed by atoms with van der Waals surface area (Å²) in [5.74, 6) is -0.821. The van der Waals surface area contributed by atoms with Gasteiger partial charge in [0.15, 0.2) is 5.13 Å². The van der Waals surface area contributed by atoms with Crippen LogP contribution in [0.4, 0.5) is 5.13 Å². The molecule has 1 aliphatic heterocycles. The maximum atomic E-state index is 13.0. The predicted molar refractivity (Wildman–Crippen MR) is 154 cm³/mol. The number of hydrogen-bond acceptors (Lipinski definition) is 7. The zero-order chi connectivity index (χ0) is 28.6. The van der Waals surface area contributed by atoms with Crippen molar-refractivity contribution in [1.29, 1.82) is 0 Å². The van der Waals surface area contributed by atoms with Crippen LogP contribution in [0.2, 0.25) is 0 Å². The molecule has 0 bridgehead atoms. The van der Waals surface area contributed by atoms with E-state index >= 15 is 0 Å². The fourth-order valence-electron chi connectivity index (χ4n) is 4.38. The Morgan fingerprint density at radius 3 is 2.35 bits per heavy atom. The van der Waals surface area contributed by atoms with Crippen molar-refractivity contribution in [3.05, 3.63) is 83.5 Å². The average molecular weight is 578 g/mol. The van der Waals surface area contributed by atoms with Gasteiger partial charge in [0.05, 0.1) is 17.5 Å². The molecule has 0 spiro atoms. The first-order valence-electron chi connectivity index (χ1n) is 12.4. The van der Waals surface area contributed by atoms with E-state index in [1.54, 1.807) is 20.2 Å². The molecule has 3 amide bonds. The van der Waals surface area contributed by atoms with Crippen LogP contribution in [-0.2, 0) is 14.8 Å². The third-order valence-corrected chi connectivity index (χ3v) is 8.37. The molecule has 2 aromatic carbocycles. The number of likely N-dealkylation sites (tertiary alicyclic amines) is 1. The normalized spacial score (nSPS) is 14.9. The number of benzene rings is 2. The summed E-state index contributed by atoms with van der Waals surface area (Å²) in [6.45, 7) is 0.401. The first kappa shape index (κ1) is 27.3. The van der Waals surface area contributed by atoms with Crippen LogP contribution in [0.5, 0.6) is 0 Å². The highest BCUT2D eigenvalue weighted by molar-refractivity contribution is 7.89. The molecule has 1 atom stereocenters. The molecule has 0 saturated carbocycles. The molecule has 1 N–H and O–H groups in total. The standard InChI is InChI=1S/C28H27N5O5S2/c1-31(2)26(35)21-9-5-7-19(15-21)18-6-4-8-20(14-18)23-17-39-28(29-23)30-25(34)24-11-13-33(24)27(36)22-10-12-32(16-22)40(3,37)38/h4-10,12,14-17,24H,11,13H2,1-3H3,(H,29,30,34)/t24-/m0/s1. The van der Waals surface area contributed by atoms with Crippen molar-refractivity contribution in [3.63, 3.8) is 0 Å². The second-order valence-corrected chi connectivity index (χ2v) is 12.4. The first-order valence-corrected chi connectivity index (χ1v) is 15.1. The molecular formula is C28H27N5O5S2. The van der Waals surface area contributed by atoms with Crippen LogP contribution in [0.25, 0.3) is 22.4 Å². The Hall–Kier alpha value is -4.29. The third kappa shape index (κ3) is 5.54. The van der Waals surface area contributed by atoms with Gasteiger partial charge in [-0.25, -0.2) is 13.4 Å². The van der Waals surface area contributed by atoms with Crippen molar-refractivity contribution >= 4 is 44.2 Å². The largest absolute Gasteiger partial charge is 0.345 e. The van der Waals surface area contributed by atoms with Crippen LogP contribution < -0.4 is 5.32 Å². The van der Waals surface area contributed by atoms with Gasteiger partial charge in [0.2, 0.25) is 15.9 Å². The second-order valence-electron chi connectivity index (χ2n) is 9.68. The second kappa shape index (κ2) is 10.7. The van der Waals surface area contributed by atoms with E-state index in [0.717, 1.165) is 26.9 Å². The number of carbonyl (C=O) groups is 3. The van der Waals surface area contributed by atoms with Crippen molar-refractivity contribution in [2.45, 2.75) is 12.5 Å². The Morgan fingerprint density at radius 1 is 1.00 bits per heavy atom. The summed E-state index contributed by atoms with van der Waals surface area (Å²) in [5.41, 5.74) is 4.18. The number of carbonyl (C=O) groups excluding carboxylic acids is 3. The summed E-state index contributed by atoms with van der Waals surface area (Å²) >= 11 is 1.28. The van der Waals surface area contributed by atoms with Crippen molar-refractivity contribution in [2.24, 2.45) is 0 Å². The molecular weight excluding hydrogens is 550 g/mol. The summed E-state index contributed by atoms with van der Waals surface area (Å²) < 4.78 is 24.4. The van der Waals surface area contributed by atoms with Crippen LogP contribution in [0.1, 0.15) is 27.1 Å². The van der Waals surface area contributed by atoms with Gasteiger partial charge in [-0.1, -0.05) is 30.3 Å². The van der Waals surface area contributed by atoms with Crippen LogP contribution in [0, 0.1) is 0 Å². The van der Waals surface area contributed by atoms with E-state index in [-0.39, 0.29) is 17.4 Å².